The van der Waals surface area contributed by atoms with Gasteiger partial charge in [0.15, 0.2) is 5.52 Å². The monoisotopic (exact) mass is 461 g/mol. The van der Waals surface area contributed by atoms with E-state index < -0.39 is 8.16 Å². The van der Waals surface area contributed by atoms with E-state index in [-0.39, 0.29) is 23.7 Å². The fourth-order valence-electron chi connectivity index (χ4n) is 4.05. The van der Waals surface area contributed by atoms with Crippen LogP contribution in [0.4, 0.5) is 8.08 Å². The number of aryl methyl sites for hydroxylation is 3. The van der Waals surface area contributed by atoms with Crippen LogP contribution in [0.3, 0.4) is 0 Å². The number of aromatic nitrogens is 2. The molecule has 0 saturated heterocycles. The van der Waals surface area contributed by atoms with Gasteiger partial charge < -0.3 is 9.53 Å². The first-order chi connectivity index (χ1) is 14.9. The second-order valence-electron chi connectivity index (χ2n) is 7.65. The number of hydrogen-bond acceptors (Lipinski definition) is 3. The van der Waals surface area contributed by atoms with Gasteiger partial charge in [0.25, 0.3) is 0 Å². The third-order valence-electron chi connectivity index (χ3n) is 5.41. The van der Waals surface area contributed by atoms with Gasteiger partial charge in [0.1, 0.15) is 28.6 Å². The Bertz CT molecular complexity index is 1220. The highest BCUT2D eigenvalue weighted by Gasteiger charge is 2.32. The number of fused-ring (bicyclic) bond motifs is 2. The number of rotatable bonds is 8. The summed E-state index contributed by atoms with van der Waals surface area (Å²) in [7, 11) is -2.13. The van der Waals surface area contributed by atoms with Crippen molar-refractivity contribution in [3.63, 3.8) is 0 Å². The lowest BCUT2D eigenvalue weighted by molar-refractivity contribution is -0.533. The van der Waals surface area contributed by atoms with Crippen molar-refractivity contribution < 1.29 is 21.9 Å². The summed E-state index contributed by atoms with van der Waals surface area (Å²) >= 11 is 0.254. The Morgan fingerprint density at radius 2 is 1.94 bits per heavy atom. The summed E-state index contributed by atoms with van der Waals surface area (Å²) in [5, 5.41) is 0. The van der Waals surface area contributed by atoms with E-state index in [9.17, 15) is 8.68 Å². The van der Waals surface area contributed by atoms with Gasteiger partial charge in [-0.25, -0.2) is 0 Å². The van der Waals surface area contributed by atoms with Gasteiger partial charge in [0, 0.05) is 30.6 Å². The lowest BCUT2D eigenvalue weighted by Gasteiger charge is -2.12. The van der Waals surface area contributed by atoms with Crippen molar-refractivity contribution in [3.8, 4) is 22.6 Å². The molecule has 0 fully saturated rings. The van der Waals surface area contributed by atoms with E-state index in [1.54, 1.807) is 15.4 Å². The molecule has 0 amide bonds. The minimum atomic E-state index is -2.13. The quantitative estimate of drug-likeness (QED) is 0.294. The van der Waals surface area contributed by atoms with Crippen LogP contribution in [0.15, 0.2) is 42.5 Å². The third-order valence-corrected chi connectivity index (χ3v) is 7.38. The zero-order valence-corrected chi connectivity index (χ0v) is 19.4. The van der Waals surface area contributed by atoms with Crippen LogP contribution in [0.1, 0.15) is 30.3 Å². The number of benzene rings is 1. The molecule has 0 saturated carbocycles. The maximum atomic E-state index is 15.8. The molecule has 4 nitrogen and oxygen atoms in total. The summed E-state index contributed by atoms with van der Waals surface area (Å²) < 4.78 is 37.2. The highest BCUT2D eigenvalue weighted by Crippen LogP contribution is 2.41. The molecule has 2 aliphatic rings. The summed E-state index contributed by atoms with van der Waals surface area (Å²) in [6.07, 6.45) is 0.904. The van der Waals surface area contributed by atoms with Crippen molar-refractivity contribution in [2.45, 2.75) is 33.6 Å². The predicted molar refractivity (Wildman–Crippen MR) is 122 cm³/mol. The Kier molecular flexibility index (Phi) is 6.35. The molecule has 31 heavy (non-hydrogen) atoms. The van der Waals surface area contributed by atoms with Crippen LogP contribution in [0.25, 0.3) is 22.3 Å². The number of carbonyl (C=O) groups excluding carboxylic acids is 1. The van der Waals surface area contributed by atoms with E-state index in [0.717, 1.165) is 39.3 Å². The molecule has 1 aromatic carbocycles. The average molecular weight is 461 g/mol. The van der Waals surface area contributed by atoms with Crippen molar-refractivity contribution in [2.75, 3.05) is 12.4 Å². The van der Waals surface area contributed by atoms with E-state index in [2.05, 4.69) is 0 Å². The first kappa shape index (κ1) is 21.8. The average Bonchev–Trinajstić information content (AvgIpc) is 3.29. The Morgan fingerprint density at radius 3 is 2.61 bits per heavy atom. The normalized spacial score (nSPS) is 12.1. The highest BCUT2D eigenvalue weighted by molar-refractivity contribution is 7.94. The molecule has 3 heterocycles. The number of halogens is 2. The van der Waals surface area contributed by atoms with Gasteiger partial charge in [0.2, 0.25) is 0 Å². The second kappa shape index (κ2) is 9.01. The highest BCUT2D eigenvalue weighted by atomic mass is 32.2. The van der Waals surface area contributed by atoms with E-state index >= 15 is 4.20 Å². The number of carbonyl (C=O) groups is 1. The number of Topliss-reactive ketones (excluding diaryl/α,β-unsaturated/α-hetero) is 1. The Balaban J connectivity index is 1.87. The lowest BCUT2D eigenvalue weighted by atomic mass is 10.0. The molecule has 0 aliphatic carbocycles. The fourth-order valence-corrected chi connectivity index (χ4v) is 5.84. The van der Waals surface area contributed by atoms with Crippen LogP contribution in [0, 0.1) is 13.8 Å². The van der Waals surface area contributed by atoms with Gasteiger partial charge in [0.05, 0.1) is 17.9 Å². The van der Waals surface area contributed by atoms with Gasteiger partial charge >= 0.3 is 8.16 Å². The fraction of sp³-hybridized carbons (Fsp3) is 0.304. The molecule has 0 spiro atoms. The van der Waals surface area contributed by atoms with Crippen molar-refractivity contribution in [1.82, 2.24) is 4.16 Å². The Hall–Kier alpha value is -2.37. The number of ketones is 1. The van der Waals surface area contributed by atoms with E-state index in [0.29, 0.717) is 25.2 Å². The molecule has 8 heteroatoms. The molecule has 1 atom stereocenters. The SMILES string of the molecule is CC(=O)CCc1ccc2c(-c3ccc(OCCSF)cc3)c3c(C)cc(C)n3p(F)[n+]1-2. The zero-order chi connectivity index (χ0) is 22.1. The lowest BCUT2D eigenvalue weighted by Crippen LogP contribution is -2.33. The molecule has 1 aromatic heterocycles. The first-order valence-electron chi connectivity index (χ1n) is 10.1. The third kappa shape index (κ3) is 4.09. The van der Waals surface area contributed by atoms with Gasteiger partial charge in [-0.3, -0.25) is 0 Å². The molecule has 0 radical (unpaired) electrons. The molecule has 2 aromatic rings. The predicted octanol–water partition coefficient (Wildman–Crippen LogP) is 6.17. The van der Waals surface area contributed by atoms with Crippen LogP contribution in [0.2, 0.25) is 0 Å². The van der Waals surface area contributed by atoms with Gasteiger partial charge in [-0.15, -0.1) is 4.20 Å². The smallest absolute Gasteiger partial charge is 0.429 e. The van der Waals surface area contributed by atoms with Crippen molar-refractivity contribution in [3.05, 3.63) is 59.4 Å². The van der Waals surface area contributed by atoms with Crippen molar-refractivity contribution >= 4 is 31.6 Å². The standard InChI is InChI=1S/C23H24F2N2O2PS/c1-15-14-16(2)26-23(15)22(18-5-9-20(10-6-18)29-12-13-31-25)21-11-8-19(7-4-17(3)28)27(21)30(26)24/h5-6,8-11,14H,4,7,12-13H2,1-3H3/q+1. The molecule has 0 bridgehead atoms. The summed E-state index contributed by atoms with van der Waals surface area (Å²) in [6.45, 7) is 5.78. The van der Waals surface area contributed by atoms with Gasteiger partial charge in [-0.2, -0.15) is 12.4 Å². The maximum Gasteiger partial charge on any atom is 0.429 e. The molecular weight excluding hydrogens is 437 g/mol. The molecule has 0 N–H and O–H groups in total. The molecule has 1 unspecified atom stereocenters. The van der Waals surface area contributed by atoms with E-state index in [1.807, 2.05) is 56.3 Å². The molecule has 162 valence electrons. The van der Waals surface area contributed by atoms with Crippen LogP contribution >= 0.6 is 20.3 Å². The topological polar surface area (TPSA) is 34.6 Å². The van der Waals surface area contributed by atoms with Crippen LogP contribution in [-0.2, 0) is 11.2 Å². The summed E-state index contributed by atoms with van der Waals surface area (Å²) in [6, 6.07) is 13.5. The van der Waals surface area contributed by atoms with E-state index in [1.165, 1.54) is 0 Å². The van der Waals surface area contributed by atoms with Gasteiger partial charge in [-0.1, -0.05) is 12.1 Å². The summed E-state index contributed by atoms with van der Waals surface area (Å²) in [4.78, 5) is 11.5. The van der Waals surface area contributed by atoms with E-state index in [4.69, 9.17) is 4.74 Å². The Labute approximate surface area is 185 Å². The number of ether oxygens (including phenoxy) is 1. The summed E-state index contributed by atoms with van der Waals surface area (Å²) in [5.41, 5.74) is 6.35. The van der Waals surface area contributed by atoms with Crippen molar-refractivity contribution in [1.29, 1.82) is 0 Å². The van der Waals surface area contributed by atoms with Crippen LogP contribution in [-0.4, -0.2) is 22.3 Å². The number of hydrogen-bond donors (Lipinski definition) is 0. The first-order valence-corrected chi connectivity index (χ1v) is 12.1. The van der Waals surface area contributed by atoms with Crippen LogP contribution in [0.5, 0.6) is 5.75 Å². The minimum absolute atomic E-state index is 0.0918. The zero-order valence-electron chi connectivity index (χ0n) is 17.7. The second-order valence-corrected chi connectivity index (χ2v) is 9.56. The maximum absolute atomic E-state index is 15.8. The summed E-state index contributed by atoms with van der Waals surface area (Å²) in [5.74, 6) is 1.04. The molecular formula is C23H24F2N2O2PS+. The molecule has 2 aliphatic heterocycles. The largest absolute Gasteiger partial charge is 0.493 e. The minimum Gasteiger partial charge on any atom is -0.493 e. The molecule has 4 rings (SSSR count). The van der Waals surface area contributed by atoms with Crippen LogP contribution < -0.4 is 9.07 Å². The van der Waals surface area contributed by atoms with Gasteiger partial charge in [-0.05, 0) is 56.7 Å². The number of nitrogens with zero attached hydrogens (tertiary/aromatic N) is 2. The Morgan fingerprint density at radius 1 is 1.19 bits per heavy atom. The van der Waals surface area contributed by atoms with Crippen molar-refractivity contribution in [2.24, 2.45) is 0 Å².